The zero-order valence-electron chi connectivity index (χ0n) is 15.2. The van der Waals surface area contributed by atoms with Crippen molar-refractivity contribution in [3.63, 3.8) is 0 Å². The van der Waals surface area contributed by atoms with Gasteiger partial charge in [-0.25, -0.2) is 0 Å². The Kier molecular flexibility index (Phi) is 5.56. The minimum absolute atomic E-state index is 0.0273. The lowest BCUT2D eigenvalue weighted by Gasteiger charge is -2.26. The average Bonchev–Trinajstić information content (AvgIpc) is 3.16. The molecule has 0 unspecified atom stereocenters. The maximum Gasteiger partial charge on any atom is 0.261 e. The van der Waals surface area contributed by atoms with Crippen LogP contribution < -0.4 is 4.74 Å². The average molecular weight is 352 g/mol. The minimum atomic E-state index is -0.370. The van der Waals surface area contributed by atoms with Gasteiger partial charge in [-0.3, -0.25) is 9.59 Å². The molecule has 26 heavy (non-hydrogen) atoms. The van der Waals surface area contributed by atoms with Crippen LogP contribution in [0.2, 0.25) is 0 Å². The second kappa shape index (κ2) is 8.04. The summed E-state index contributed by atoms with van der Waals surface area (Å²) in [7, 11) is 3.44. The maximum atomic E-state index is 12.6. The molecule has 0 aromatic heterocycles. The monoisotopic (exact) mass is 352 g/mol. The number of rotatable bonds is 5. The van der Waals surface area contributed by atoms with Gasteiger partial charge in [0.15, 0.2) is 6.61 Å². The molecular weight excluding hydrogens is 328 g/mol. The summed E-state index contributed by atoms with van der Waals surface area (Å²) in [4.78, 5) is 28.1. The summed E-state index contributed by atoms with van der Waals surface area (Å²) in [5.41, 5.74) is 1.99. The highest BCUT2D eigenvalue weighted by molar-refractivity contribution is 5.88. The van der Waals surface area contributed by atoms with Crippen molar-refractivity contribution >= 4 is 11.8 Å². The van der Waals surface area contributed by atoms with Crippen LogP contribution in [0.5, 0.6) is 5.75 Å². The third-order valence-corrected chi connectivity index (χ3v) is 4.62. The first-order valence-electron chi connectivity index (χ1n) is 8.86. The third kappa shape index (κ3) is 3.87. The van der Waals surface area contributed by atoms with E-state index in [9.17, 15) is 9.59 Å². The molecule has 0 spiro atoms. The van der Waals surface area contributed by atoms with Gasteiger partial charge in [0.05, 0.1) is 0 Å². The first kappa shape index (κ1) is 18.0. The Morgan fingerprint density at radius 2 is 1.77 bits per heavy atom. The van der Waals surface area contributed by atoms with Crippen LogP contribution in [0.3, 0.4) is 0 Å². The molecule has 2 amide bonds. The summed E-state index contributed by atoms with van der Waals surface area (Å²) < 4.78 is 5.84. The number of hydrogen-bond donors (Lipinski definition) is 0. The molecular formula is C21H24N2O3. The molecule has 3 rings (SSSR count). The van der Waals surface area contributed by atoms with Crippen molar-refractivity contribution in [1.29, 1.82) is 0 Å². The van der Waals surface area contributed by atoms with Gasteiger partial charge in [-0.15, -0.1) is 0 Å². The van der Waals surface area contributed by atoms with Gasteiger partial charge in [-0.2, -0.15) is 0 Å². The van der Waals surface area contributed by atoms with Crippen molar-refractivity contribution in [2.45, 2.75) is 18.9 Å². The summed E-state index contributed by atoms with van der Waals surface area (Å²) >= 11 is 0. The van der Waals surface area contributed by atoms with E-state index in [4.69, 9.17) is 4.74 Å². The molecule has 5 heteroatoms. The summed E-state index contributed by atoms with van der Waals surface area (Å²) in [6.45, 7) is 0.536. The van der Waals surface area contributed by atoms with Gasteiger partial charge < -0.3 is 14.5 Å². The lowest BCUT2D eigenvalue weighted by atomic mass is 10.1. The predicted octanol–water partition coefficient (Wildman–Crippen LogP) is 2.81. The fraction of sp³-hybridized carbons (Fsp3) is 0.333. The fourth-order valence-electron chi connectivity index (χ4n) is 3.29. The van der Waals surface area contributed by atoms with Gasteiger partial charge in [-0.05, 0) is 24.5 Å². The van der Waals surface area contributed by atoms with E-state index in [-0.39, 0.29) is 24.5 Å². The largest absolute Gasteiger partial charge is 0.483 e. The zero-order valence-corrected chi connectivity index (χ0v) is 15.2. The Hall–Kier alpha value is -2.82. The van der Waals surface area contributed by atoms with E-state index in [2.05, 4.69) is 0 Å². The molecule has 5 nitrogen and oxygen atoms in total. The number of likely N-dealkylation sites (tertiary alicyclic amines) is 1. The molecule has 1 atom stereocenters. The van der Waals surface area contributed by atoms with Gasteiger partial charge in [-0.1, -0.05) is 48.5 Å². The molecule has 0 N–H and O–H groups in total. The molecule has 1 aliphatic rings. The first-order chi connectivity index (χ1) is 12.6. The summed E-state index contributed by atoms with van der Waals surface area (Å²) in [5, 5.41) is 0. The molecule has 0 radical (unpaired) electrons. The van der Waals surface area contributed by atoms with Crippen LogP contribution in [0.25, 0.3) is 11.1 Å². The standard InChI is InChI=1S/C21H24N2O3/c1-22(2)21(25)18-12-8-14-23(18)20(24)15-26-19-13-7-6-11-17(19)16-9-4-3-5-10-16/h3-7,9-11,13,18H,8,12,14-15H2,1-2H3/t18-/m1/s1. The number of amides is 2. The predicted molar refractivity (Wildman–Crippen MR) is 101 cm³/mol. The van der Waals surface area contributed by atoms with E-state index in [0.717, 1.165) is 17.5 Å². The Morgan fingerprint density at radius 3 is 2.50 bits per heavy atom. The number of likely N-dealkylation sites (N-methyl/N-ethyl adjacent to an activating group) is 1. The molecule has 0 bridgehead atoms. The van der Waals surface area contributed by atoms with Crippen LogP contribution >= 0.6 is 0 Å². The highest BCUT2D eigenvalue weighted by Gasteiger charge is 2.34. The van der Waals surface area contributed by atoms with Crippen LogP contribution in [-0.4, -0.2) is 54.9 Å². The third-order valence-electron chi connectivity index (χ3n) is 4.62. The maximum absolute atomic E-state index is 12.6. The summed E-state index contributed by atoms with van der Waals surface area (Å²) in [6.07, 6.45) is 1.56. The number of carbonyl (C=O) groups is 2. The fourth-order valence-corrected chi connectivity index (χ4v) is 3.29. The number of hydrogen-bond acceptors (Lipinski definition) is 3. The highest BCUT2D eigenvalue weighted by atomic mass is 16.5. The van der Waals surface area contributed by atoms with Crippen LogP contribution in [0.1, 0.15) is 12.8 Å². The van der Waals surface area contributed by atoms with E-state index in [1.807, 2.05) is 54.6 Å². The van der Waals surface area contributed by atoms with E-state index in [0.29, 0.717) is 18.7 Å². The Labute approximate surface area is 154 Å². The Balaban J connectivity index is 1.70. The van der Waals surface area contributed by atoms with Crippen LogP contribution in [0, 0.1) is 0 Å². The minimum Gasteiger partial charge on any atom is -0.483 e. The van der Waals surface area contributed by atoms with Crippen LogP contribution in [0.15, 0.2) is 54.6 Å². The van der Waals surface area contributed by atoms with Gasteiger partial charge in [0.1, 0.15) is 11.8 Å². The van der Waals surface area contributed by atoms with Crippen molar-refractivity contribution in [1.82, 2.24) is 9.80 Å². The second-order valence-corrected chi connectivity index (χ2v) is 6.63. The molecule has 1 fully saturated rings. The zero-order chi connectivity index (χ0) is 18.5. The van der Waals surface area contributed by atoms with Crippen LogP contribution in [-0.2, 0) is 9.59 Å². The SMILES string of the molecule is CN(C)C(=O)[C@H]1CCCN1C(=O)COc1ccccc1-c1ccccc1. The van der Waals surface area contributed by atoms with E-state index >= 15 is 0 Å². The number of carbonyl (C=O) groups excluding carboxylic acids is 2. The van der Waals surface area contributed by atoms with Crippen molar-refractivity contribution in [2.24, 2.45) is 0 Å². The second-order valence-electron chi connectivity index (χ2n) is 6.63. The number of para-hydroxylation sites is 1. The van der Waals surface area contributed by atoms with Gasteiger partial charge in [0.25, 0.3) is 5.91 Å². The molecule has 1 aliphatic heterocycles. The van der Waals surface area contributed by atoms with Crippen LogP contribution in [0.4, 0.5) is 0 Å². The van der Waals surface area contributed by atoms with Crippen molar-refractivity contribution in [3.8, 4) is 16.9 Å². The number of ether oxygens (including phenoxy) is 1. The quantitative estimate of drug-likeness (QED) is 0.831. The van der Waals surface area contributed by atoms with Crippen molar-refractivity contribution in [3.05, 3.63) is 54.6 Å². The van der Waals surface area contributed by atoms with E-state index in [1.54, 1.807) is 23.9 Å². The normalized spacial score (nSPS) is 16.4. The highest BCUT2D eigenvalue weighted by Crippen LogP contribution is 2.29. The van der Waals surface area contributed by atoms with E-state index < -0.39 is 0 Å². The number of nitrogens with zero attached hydrogens (tertiary/aromatic N) is 2. The van der Waals surface area contributed by atoms with E-state index in [1.165, 1.54) is 0 Å². The molecule has 2 aromatic rings. The molecule has 1 saturated heterocycles. The lowest BCUT2D eigenvalue weighted by molar-refractivity contribution is -0.143. The molecule has 1 heterocycles. The van der Waals surface area contributed by atoms with Crippen molar-refractivity contribution < 1.29 is 14.3 Å². The smallest absolute Gasteiger partial charge is 0.261 e. The molecule has 0 aliphatic carbocycles. The van der Waals surface area contributed by atoms with Crippen molar-refractivity contribution in [2.75, 3.05) is 27.2 Å². The molecule has 2 aromatic carbocycles. The Morgan fingerprint density at radius 1 is 1.08 bits per heavy atom. The topological polar surface area (TPSA) is 49.9 Å². The van der Waals surface area contributed by atoms with Gasteiger partial charge in [0.2, 0.25) is 5.91 Å². The lowest BCUT2D eigenvalue weighted by Crippen LogP contribution is -2.46. The Bertz CT molecular complexity index is 774. The van der Waals surface area contributed by atoms with Gasteiger partial charge in [0, 0.05) is 26.2 Å². The summed E-state index contributed by atoms with van der Waals surface area (Å²) in [5.74, 6) is 0.493. The number of benzene rings is 2. The van der Waals surface area contributed by atoms with Gasteiger partial charge >= 0.3 is 0 Å². The molecule has 136 valence electrons. The first-order valence-corrected chi connectivity index (χ1v) is 8.86. The summed E-state index contributed by atoms with van der Waals surface area (Å²) in [6, 6.07) is 17.2. The molecule has 0 saturated carbocycles.